The van der Waals surface area contributed by atoms with E-state index in [1.807, 2.05) is 18.3 Å². The van der Waals surface area contributed by atoms with E-state index in [9.17, 15) is 4.79 Å². The molecule has 0 unspecified atom stereocenters. The first kappa shape index (κ1) is 15.1. The van der Waals surface area contributed by atoms with Crippen LogP contribution in [0.1, 0.15) is 37.7 Å². The first-order valence-electron chi connectivity index (χ1n) is 9.18. The van der Waals surface area contributed by atoms with Gasteiger partial charge in [-0.15, -0.1) is 0 Å². The summed E-state index contributed by atoms with van der Waals surface area (Å²) >= 11 is 0. The summed E-state index contributed by atoms with van der Waals surface area (Å²) in [4.78, 5) is 21.7. The lowest BCUT2D eigenvalue weighted by molar-refractivity contribution is -0.130. The Labute approximate surface area is 138 Å². The zero-order valence-electron chi connectivity index (χ0n) is 13.9. The van der Waals surface area contributed by atoms with Gasteiger partial charge >= 0.3 is 0 Å². The van der Waals surface area contributed by atoms with Crippen LogP contribution in [0.25, 0.3) is 0 Å². The van der Waals surface area contributed by atoms with Crippen molar-refractivity contribution in [2.75, 3.05) is 26.2 Å². The minimum absolute atomic E-state index is 0.278. The highest BCUT2D eigenvalue weighted by Crippen LogP contribution is 2.33. The molecule has 23 heavy (non-hydrogen) atoms. The fraction of sp³-hybridized carbons (Fsp3) is 0.684. The van der Waals surface area contributed by atoms with Gasteiger partial charge < -0.3 is 4.90 Å². The number of rotatable bonds is 4. The lowest BCUT2D eigenvalue weighted by atomic mass is 9.83. The quantitative estimate of drug-likeness (QED) is 0.856. The number of pyridine rings is 1. The van der Waals surface area contributed by atoms with E-state index < -0.39 is 0 Å². The van der Waals surface area contributed by atoms with E-state index in [1.165, 1.54) is 45.2 Å². The molecule has 2 atom stereocenters. The average molecular weight is 313 g/mol. The second kappa shape index (κ2) is 6.60. The van der Waals surface area contributed by atoms with Gasteiger partial charge in [0.15, 0.2) is 0 Å². The Kier molecular flexibility index (Phi) is 4.34. The van der Waals surface area contributed by atoms with Crippen molar-refractivity contribution in [3.8, 4) is 0 Å². The lowest BCUT2D eigenvalue weighted by Crippen LogP contribution is -2.47. The molecule has 4 nitrogen and oxygen atoms in total. The smallest absolute Gasteiger partial charge is 0.227 e. The lowest BCUT2D eigenvalue weighted by Gasteiger charge is -2.40. The van der Waals surface area contributed by atoms with Crippen molar-refractivity contribution in [3.63, 3.8) is 0 Å². The van der Waals surface area contributed by atoms with Crippen molar-refractivity contribution in [2.24, 2.45) is 11.8 Å². The van der Waals surface area contributed by atoms with E-state index >= 15 is 0 Å². The van der Waals surface area contributed by atoms with E-state index in [2.05, 4.69) is 14.8 Å². The van der Waals surface area contributed by atoms with Crippen LogP contribution in [-0.2, 0) is 11.2 Å². The number of aromatic nitrogens is 1. The van der Waals surface area contributed by atoms with Gasteiger partial charge in [-0.1, -0.05) is 12.5 Å². The van der Waals surface area contributed by atoms with Crippen LogP contribution in [0.5, 0.6) is 0 Å². The van der Waals surface area contributed by atoms with Crippen molar-refractivity contribution in [1.29, 1.82) is 0 Å². The fourth-order valence-corrected chi connectivity index (χ4v) is 4.40. The molecule has 4 fully saturated rings. The van der Waals surface area contributed by atoms with Gasteiger partial charge in [0, 0.05) is 44.6 Å². The monoisotopic (exact) mass is 313 g/mol. The molecule has 2 bridgehead atoms. The van der Waals surface area contributed by atoms with E-state index in [-0.39, 0.29) is 5.91 Å². The molecule has 5 rings (SSSR count). The number of carbonyl (C=O) groups is 1. The maximum atomic E-state index is 12.7. The largest absolute Gasteiger partial charge is 0.341 e. The highest BCUT2D eigenvalue weighted by molar-refractivity contribution is 5.78. The van der Waals surface area contributed by atoms with Gasteiger partial charge in [-0.2, -0.15) is 0 Å². The number of hydrogen-bond acceptors (Lipinski definition) is 3. The van der Waals surface area contributed by atoms with Crippen LogP contribution in [0, 0.1) is 11.8 Å². The molecule has 0 spiro atoms. The van der Waals surface area contributed by atoms with Gasteiger partial charge in [-0.25, -0.2) is 0 Å². The SMILES string of the molecule is O=C(Cc1cccnc1)N1C[C@@H]2CC[C@H](C1)N(CC1CCC1)C2. The number of amides is 1. The molecule has 3 aliphatic heterocycles. The third-order valence-corrected chi connectivity index (χ3v) is 5.98. The number of fused-ring (bicyclic) bond motifs is 4. The minimum atomic E-state index is 0.278. The predicted octanol–water partition coefficient (Wildman–Crippen LogP) is 2.35. The maximum absolute atomic E-state index is 12.7. The summed E-state index contributed by atoms with van der Waals surface area (Å²) in [7, 11) is 0. The van der Waals surface area contributed by atoms with Crippen molar-refractivity contribution in [3.05, 3.63) is 30.1 Å². The maximum Gasteiger partial charge on any atom is 0.227 e. The van der Waals surface area contributed by atoms with E-state index in [4.69, 9.17) is 0 Å². The predicted molar refractivity (Wildman–Crippen MR) is 89.9 cm³/mol. The van der Waals surface area contributed by atoms with Crippen LogP contribution in [0.4, 0.5) is 0 Å². The molecule has 4 aliphatic rings. The molecule has 0 radical (unpaired) electrons. The van der Waals surface area contributed by atoms with Crippen LogP contribution >= 0.6 is 0 Å². The Hall–Kier alpha value is -1.42. The van der Waals surface area contributed by atoms with E-state index in [1.54, 1.807) is 6.20 Å². The molecule has 1 amide bonds. The number of hydrogen-bond donors (Lipinski definition) is 0. The minimum Gasteiger partial charge on any atom is -0.341 e. The molecular formula is C19H27N3O. The molecule has 124 valence electrons. The van der Waals surface area contributed by atoms with Gasteiger partial charge in [-0.05, 0) is 49.1 Å². The first-order valence-corrected chi connectivity index (χ1v) is 9.18. The summed E-state index contributed by atoms with van der Waals surface area (Å²) in [5.74, 6) is 1.88. The topological polar surface area (TPSA) is 36.4 Å². The second-order valence-electron chi connectivity index (χ2n) is 7.68. The molecule has 0 N–H and O–H groups in total. The standard InChI is InChI=1S/C19H27N3O/c23-19(9-16-5-2-8-20-10-16)22-13-17-6-7-18(14-22)21(12-17)11-15-3-1-4-15/h2,5,8,10,15,17-18H,1,3-4,6-7,9,11-14H2/t17-,18-/m1/s1. The second-order valence-corrected chi connectivity index (χ2v) is 7.68. The Bertz CT molecular complexity index is 543. The number of nitrogens with zero attached hydrogens (tertiary/aromatic N) is 3. The normalized spacial score (nSPS) is 28.4. The van der Waals surface area contributed by atoms with Crippen LogP contribution < -0.4 is 0 Å². The molecule has 3 saturated heterocycles. The van der Waals surface area contributed by atoms with Crippen LogP contribution in [0.3, 0.4) is 0 Å². The van der Waals surface area contributed by atoms with Gasteiger partial charge in [0.25, 0.3) is 0 Å². The Morgan fingerprint density at radius 2 is 2.09 bits per heavy atom. The van der Waals surface area contributed by atoms with Crippen LogP contribution in [0.15, 0.2) is 24.5 Å². The van der Waals surface area contributed by atoms with Gasteiger partial charge in [-0.3, -0.25) is 14.7 Å². The van der Waals surface area contributed by atoms with Crippen molar-refractivity contribution in [1.82, 2.24) is 14.8 Å². The average Bonchev–Trinajstić information content (AvgIpc) is 2.84. The van der Waals surface area contributed by atoms with Gasteiger partial charge in [0.2, 0.25) is 5.91 Å². The summed E-state index contributed by atoms with van der Waals surface area (Å²) in [6.07, 6.45) is 10.9. The molecule has 4 heterocycles. The zero-order chi connectivity index (χ0) is 15.6. The summed E-state index contributed by atoms with van der Waals surface area (Å²) in [5, 5.41) is 0. The molecule has 4 heteroatoms. The van der Waals surface area contributed by atoms with E-state index in [0.717, 1.165) is 24.6 Å². The van der Waals surface area contributed by atoms with Crippen LogP contribution in [-0.4, -0.2) is 52.9 Å². The summed E-state index contributed by atoms with van der Waals surface area (Å²) in [6, 6.07) is 4.50. The molecule has 1 aromatic rings. The van der Waals surface area contributed by atoms with E-state index in [0.29, 0.717) is 18.4 Å². The molecule has 1 saturated carbocycles. The molecular weight excluding hydrogens is 286 g/mol. The molecule has 1 aliphatic carbocycles. The molecule has 1 aromatic heterocycles. The Morgan fingerprint density at radius 1 is 1.17 bits per heavy atom. The van der Waals surface area contributed by atoms with Gasteiger partial charge in [0.1, 0.15) is 0 Å². The van der Waals surface area contributed by atoms with Crippen LogP contribution in [0.2, 0.25) is 0 Å². The van der Waals surface area contributed by atoms with Crippen molar-refractivity contribution in [2.45, 2.75) is 44.6 Å². The number of carbonyl (C=O) groups excluding carboxylic acids is 1. The summed E-state index contributed by atoms with van der Waals surface area (Å²) < 4.78 is 0. The fourth-order valence-electron chi connectivity index (χ4n) is 4.40. The third kappa shape index (κ3) is 3.42. The highest BCUT2D eigenvalue weighted by Gasteiger charge is 2.37. The summed E-state index contributed by atoms with van der Waals surface area (Å²) in [5.41, 5.74) is 1.03. The van der Waals surface area contributed by atoms with Crippen molar-refractivity contribution >= 4 is 5.91 Å². The Balaban J connectivity index is 1.39. The number of piperidine rings is 1. The molecule has 0 aromatic carbocycles. The highest BCUT2D eigenvalue weighted by atomic mass is 16.2. The third-order valence-electron chi connectivity index (χ3n) is 5.98. The van der Waals surface area contributed by atoms with Crippen molar-refractivity contribution < 1.29 is 4.79 Å². The van der Waals surface area contributed by atoms with Gasteiger partial charge in [0.05, 0.1) is 6.42 Å². The first-order chi connectivity index (χ1) is 11.3. The Morgan fingerprint density at radius 3 is 2.83 bits per heavy atom. The summed E-state index contributed by atoms with van der Waals surface area (Å²) in [6.45, 7) is 4.36. The zero-order valence-corrected chi connectivity index (χ0v) is 13.9.